The SMILES string of the molecule is CC1=C2OCC(=O)N(c3ccc([N+](=O)[O-])cc3[N+](=O)[O-])N=C2c2ccccc2C1=O. The van der Waals surface area contributed by atoms with Gasteiger partial charge in [0.15, 0.2) is 18.1 Å². The second kappa shape index (κ2) is 6.88. The second-order valence-corrected chi connectivity index (χ2v) is 6.46. The van der Waals surface area contributed by atoms with Crippen LogP contribution in [0, 0.1) is 20.2 Å². The van der Waals surface area contributed by atoms with Crippen LogP contribution in [-0.4, -0.2) is 33.9 Å². The number of carbonyl (C=O) groups excluding carboxylic acids is 2. The normalized spacial score (nSPS) is 15.6. The molecule has 0 saturated carbocycles. The van der Waals surface area contributed by atoms with E-state index in [9.17, 15) is 29.8 Å². The monoisotopic (exact) mass is 408 g/mol. The minimum Gasteiger partial charge on any atom is -0.481 e. The molecule has 150 valence electrons. The van der Waals surface area contributed by atoms with Crippen molar-refractivity contribution in [2.45, 2.75) is 6.92 Å². The van der Waals surface area contributed by atoms with Crippen LogP contribution < -0.4 is 5.01 Å². The van der Waals surface area contributed by atoms with Gasteiger partial charge in [0.1, 0.15) is 11.4 Å². The average Bonchev–Trinajstić information content (AvgIpc) is 2.91. The molecule has 2 aromatic rings. The molecule has 0 N–H and O–H groups in total. The number of nitro benzene ring substituents is 2. The van der Waals surface area contributed by atoms with Gasteiger partial charge >= 0.3 is 5.69 Å². The predicted molar refractivity (Wildman–Crippen MR) is 103 cm³/mol. The lowest BCUT2D eigenvalue weighted by Crippen LogP contribution is -2.28. The molecule has 0 unspecified atom stereocenters. The number of carbonyl (C=O) groups is 2. The van der Waals surface area contributed by atoms with Gasteiger partial charge in [-0.2, -0.15) is 10.1 Å². The number of benzene rings is 2. The minimum atomic E-state index is -0.831. The van der Waals surface area contributed by atoms with Crippen LogP contribution in [0.5, 0.6) is 0 Å². The number of nitrogens with zero attached hydrogens (tertiary/aromatic N) is 4. The van der Waals surface area contributed by atoms with Crippen LogP contribution in [0.4, 0.5) is 17.1 Å². The number of ketones is 1. The van der Waals surface area contributed by atoms with Gasteiger partial charge in [-0.05, 0) is 13.0 Å². The molecule has 1 amide bonds. The minimum absolute atomic E-state index is 0.110. The first-order valence-electron chi connectivity index (χ1n) is 8.62. The van der Waals surface area contributed by atoms with Crippen LogP contribution in [0.1, 0.15) is 22.8 Å². The van der Waals surface area contributed by atoms with Crippen LogP contribution in [0.2, 0.25) is 0 Å². The van der Waals surface area contributed by atoms with Crippen LogP contribution in [0.3, 0.4) is 0 Å². The smallest absolute Gasteiger partial charge is 0.301 e. The highest BCUT2D eigenvalue weighted by Gasteiger charge is 2.36. The Morgan fingerprint density at radius 2 is 1.73 bits per heavy atom. The van der Waals surface area contributed by atoms with Crippen LogP contribution in [-0.2, 0) is 9.53 Å². The lowest BCUT2D eigenvalue weighted by molar-refractivity contribution is -0.393. The Labute approximate surface area is 168 Å². The first-order chi connectivity index (χ1) is 14.3. The molecule has 2 aromatic carbocycles. The van der Waals surface area contributed by atoms with E-state index in [1.807, 2.05) is 0 Å². The number of rotatable bonds is 3. The Hall–Kier alpha value is -4.41. The van der Waals surface area contributed by atoms with E-state index >= 15 is 0 Å². The zero-order valence-electron chi connectivity index (χ0n) is 15.4. The number of ether oxygens (including phenoxy) is 1. The Morgan fingerprint density at radius 3 is 2.40 bits per heavy atom. The fourth-order valence-corrected chi connectivity index (χ4v) is 3.26. The van der Waals surface area contributed by atoms with E-state index < -0.39 is 33.7 Å². The van der Waals surface area contributed by atoms with Crippen molar-refractivity contribution in [1.29, 1.82) is 0 Å². The van der Waals surface area contributed by atoms with E-state index in [0.29, 0.717) is 11.1 Å². The van der Waals surface area contributed by atoms with Crippen LogP contribution >= 0.6 is 0 Å². The Kier molecular flexibility index (Phi) is 4.34. The van der Waals surface area contributed by atoms with Crippen molar-refractivity contribution in [3.63, 3.8) is 0 Å². The maximum Gasteiger partial charge on any atom is 0.301 e. The third-order valence-electron chi connectivity index (χ3n) is 4.69. The van der Waals surface area contributed by atoms with Crippen molar-refractivity contribution >= 4 is 34.5 Å². The summed E-state index contributed by atoms with van der Waals surface area (Å²) in [6.07, 6.45) is 0. The van der Waals surface area contributed by atoms with Crippen molar-refractivity contribution in [2.75, 3.05) is 11.6 Å². The fraction of sp³-hybridized carbons (Fsp3) is 0.105. The fourth-order valence-electron chi connectivity index (χ4n) is 3.26. The molecule has 30 heavy (non-hydrogen) atoms. The molecular formula is C19H12N4O7. The van der Waals surface area contributed by atoms with Gasteiger partial charge in [-0.25, -0.2) is 0 Å². The summed E-state index contributed by atoms with van der Waals surface area (Å²) in [5.41, 5.74) is -0.227. The van der Waals surface area contributed by atoms with Gasteiger partial charge in [-0.3, -0.25) is 29.8 Å². The Morgan fingerprint density at radius 1 is 1.03 bits per heavy atom. The van der Waals surface area contributed by atoms with Gasteiger partial charge in [-0.1, -0.05) is 24.3 Å². The first-order valence-corrected chi connectivity index (χ1v) is 8.62. The van der Waals surface area contributed by atoms with E-state index in [-0.39, 0.29) is 28.5 Å². The molecule has 1 aliphatic carbocycles. The maximum atomic E-state index is 12.7. The van der Waals surface area contributed by atoms with E-state index in [0.717, 1.165) is 23.2 Å². The number of anilines is 1. The van der Waals surface area contributed by atoms with Crippen LogP contribution in [0.15, 0.2) is 58.9 Å². The van der Waals surface area contributed by atoms with Crippen molar-refractivity contribution in [3.8, 4) is 0 Å². The lowest BCUT2D eigenvalue weighted by atomic mass is 9.88. The topological polar surface area (TPSA) is 145 Å². The van der Waals surface area contributed by atoms with E-state index in [1.165, 1.54) is 6.92 Å². The summed E-state index contributed by atoms with van der Waals surface area (Å²) in [6, 6.07) is 9.47. The molecule has 1 aliphatic heterocycles. The highest BCUT2D eigenvalue weighted by atomic mass is 16.6. The number of amides is 1. The summed E-state index contributed by atoms with van der Waals surface area (Å²) in [5.74, 6) is -0.903. The summed E-state index contributed by atoms with van der Waals surface area (Å²) >= 11 is 0. The van der Waals surface area contributed by atoms with Crippen molar-refractivity contribution in [3.05, 3.63) is 85.2 Å². The van der Waals surface area contributed by atoms with Crippen molar-refractivity contribution in [1.82, 2.24) is 0 Å². The third kappa shape index (κ3) is 2.89. The largest absolute Gasteiger partial charge is 0.481 e. The third-order valence-corrected chi connectivity index (χ3v) is 4.69. The summed E-state index contributed by atoms with van der Waals surface area (Å²) in [4.78, 5) is 46.2. The van der Waals surface area contributed by atoms with Gasteiger partial charge in [0.25, 0.3) is 11.6 Å². The lowest BCUT2D eigenvalue weighted by Gasteiger charge is -2.20. The molecule has 1 heterocycles. The number of Topliss-reactive ketones (excluding diaryl/α,β-unsaturated/α-hetero) is 1. The first kappa shape index (κ1) is 18.9. The number of non-ortho nitro benzene ring substituents is 1. The molecule has 0 atom stereocenters. The molecule has 11 nitrogen and oxygen atoms in total. The molecule has 4 rings (SSSR count). The Bertz CT molecular complexity index is 1220. The summed E-state index contributed by atoms with van der Waals surface area (Å²) in [5, 5.41) is 27.6. The zero-order valence-corrected chi connectivity index (χ0v) is 15.4. The number of allylic oxidation sites excluding steroid dienone is 2. The second-order valence-electron chi connectivity index (χ2n) is 6.46. The molecule has 11 heteroatoms. The standard InChI is InChI=1S/C19H12N4O7/c1-10-18(25)13-5-3-2-4-12(13)17-19(10)30-9-16(24)21(20-17)14-7-6-11(22(26)27)8-15(14)23(28)29/h2-8H,9H2,1H3. The number of hydrazone groups is 1. The summed E-state index contributed by atoms with van der Waals surface area (Å²) in [7, 11) is 0. The van der Waals surface area contributed by atoms with Crippen LogP contribution in [0.25, 0.3) is 0 Å². The number of hydrogen-bond acceptors (Lipinski definition) is 8. The molecule has 2 aliphatic rings. The van der Waals surface area contributed by atoms with Gasteiger partial charge in [-0.15, -0.1) is 0 Å². The van der Waals surface area contributed by atoms with E-state index in [4.69, 9.17) is 4.74 Å². The zero-order chi connectivity index (χ0) is 21.6. The maximum absolute atomic E-state index is 12.7. The molecule has 0 bridgehead atoms. The molecule has 0 aromatic heterocycles. The Balaban J connectivity index is 1.95. The van der Waals surface area contributed by atoms with Crippen molar-refractivity contribution in [2.24, 2.45) is 5.10 Å². The number of nitro groups is 2. The highest BCUT2D eigenvalue weighted by Crippen LogP contribution is 2.35. The molecule has 0 saturated heterocycles. The molecule has 0 spiro atoms. The molecule has 0 radical (unpaired) electrons. The highest BCUT2D eigenvalue weighted by molar-refractivity contribution is 6.28. The van der Waals surface area contributed by atoms with Gasteiger partial charge in [0, 0.05) is 22.8 Å². The summed E-state index contributed by atoms with van der Waals surface area (Å²) < 4.78 is 5.53. The van der Waals surface area contributed by atoms with Gasteiger partial charge in [0.2, 0.25) is 0 Å². The number of fused-ring (bicyclic) bond motifs is 3. The van der Waals surface area contributed by atoms with Crippen molar-refractivity contribution < 1.29 is 24.2 Å². The molecular weight excluding hydrogens is 396 g/mol. The quantitative estimate of drug-likeness (QED) is 0.560. The predicted octanol–water partition coefficient (Wildman–Crippen LogP) is 2.74. The summed E-state index contributed by atoms with van der Waals surface area (Å²) in [6.45, 7) is 1.01. The van der Waals surface area contributed by atoms with Gasteiger partial charge in [0.05, 0.1) is 15.9 Å². The van der Waals surface area contributed by atoms with E-state index in [1.54, 1.807) is 24.3 Å². The molecule has 0 fully saturated rings. The number of hydrogen-bond donors (Lipinski definition) is 0. The average molecular weight is 408 g/mol. The van der Waals surface area contributed by atoms with Gasteiger partial charge < -0.3 is 4.74 Å². The van der Waals surface area contributed by atoms with E-state index in [2.05, 4.69) is 5.10 Å².